The van der Waals surface area contributed by atoms with Crippen LogP contribution in [0.4, 0.5) is 46.5 Å². The minimum absolute atomic E-state index is 0.154. The first kappa shape index (κ1) is 32.4. The molecular weight excluding hydrogens is 588 g/mol. The first-order valence-corrected chi connectivity index (χ1v) is 12.9. The lowest BCUT2D eigenvalue weighted by atomic mass is 10.1. The number of carbonyl (C=O) groups is 2. The van der Waals surface area contributed by atoms with Gasteiger partial charge in [-0.1, -0.05) is 17.7 Å². The van der Waals surface area contributed by atoms with Gasteiger partial charge in [-0.25, -0.2) is 8.78 Å². The highest BCUT2D eigenvalue weighted by Gasteiger charge is 2.32. The van der Waals surface area contributed by atoms with Crippen LogP contribution in [0.1, 0.15) is 42.1 Å². The molecule has 1 fully saturated rings. The fourth-order valence-electron chi connectivity index (χ4n) is 4.36. The summed E-state index contributed by atoms with van der Waals surface area (Å²) in [6.45, 7) is 1.99. The van der Waals surface area contributed by atoms with Crippen LogP contribution in [0.3, 0.4) is 0 Å². The molecule has 226 valence electrons. The van der Waals surface area contributed by atoms with E-state index in [0.29, 0.717) is 30.3 Å². The Labute approximate surface area is 235 Å². The number of carbonyl (C=O) groups excluding carboxylic acids is 2. The van der Waals surface area contributed by atoms with Crippen LogP contribution in [0.25, 0.3) is 0 Å². The van der Waals surface area contributed by atoms with Crippen LogP contribution in [0, 0.1) is 11.6 Å². The Morgan fingerprint density at radius 2 is 1.66 bits per heavy atom. The highest BCUT2D eigenvalue weighted by atomic mass is 35.5. The van der Waals surface area contributed by atoms with E-state index in [-0.39, 0.29) is 23.8 Å². The summed E-state index contributed by atoms with van der Waals surface area (Å²) in [5.74, 6) is -4.99. The molecule has 0 bridgehead atoms. The maximum Gasteiger partial charge on any atom is 0.390 e. The number of nitrogens with zero attached hydrogens (tertiary/aromatic N) is 2. The van der Waals surface area contributed by atoms with Crippen molar-refractivity contribution in [3.8, 4) is 0 Å². The first-order valence-electron chi connectivity index (χ1n) is 12.5. The largest absolute Gasteiger partial charge is 0.390 e. The lowest BCUT2D eigenvalue weighted by Gasteiger charge is -2.42. The molecule has 1 aliphatic heterocycles. The molecule has 1 saturated heterocycles. The van der Waals surface area contributed by atoms with Crippen molar-refractivity contribution < 1.29 is 44.7 Å². The summed E-state index contributed by atoms with van der Waals surface area (Å²) in [6.07, 6.45) is -12.0. The monoisotopic (exact) mass is 614 g/mol. The normalized spacial score (nSPS) is 16.5. The van der Waals surface area contributed by atoms with Crippen molar-refractivity contribution in [2.45, 2.75) is 51.1 Å². The molecule has 0 unspecified atom stereocenters. The molecule has 2 N–H and O–H groups in total. The van der Waals surface area contributed by atoms with Gasteiger partial charge in [0.15, 0.2) is 11.6 Å². The molecule has 0 aromatic heterocycles. The zero-order valence-corrected chi connectivity index (χ0v) is 22.5. The van der Waals surface area contributed by atoms with E-state index < -0.39 is 67.2 Å². The number of hydrogen-bond acceptors (Lipinski definition) is 4. The van der Waals surface area contributed by atoms with E-state index in [1.165, 1.54) is 12.1 Å². The Balaban J connectivity index is 1.70. The number of piperazine rings is 1. The molecule has 15 heteroatoms. The maximum atomic E-state index is 14.8. The van der Waals surface area contributed by atoms with E-state index >= 15 is 0 Å². The third-order valence-corrected chi connectivity index (χ3v) is 6.69. The molecule has 3 rings (SSSR count). The maximum absolute atomic E-state index is 14.8. The quantitative estimate of drug-likeness (QED) is 0.326. The first-order chi connectivity index (χ1) is 19.0. The second-order valence-corrected chi connectivity index (χ2v) is 10.1. The third-order valence-electron chi connectivity index (χ3n) is 6.46. The lowest BCUT2D eigenvalue weighted by Crippen LogP contribution is -2.52. The van der Waals surface area contributed by atoms with Crippen molar-refractivity contribution in [3.05, 3.63) is 58.1 Å². The third kappa shape index (κ3) is 9.45. The van der Waals surface area contributed by atoms with Gasteiger partial charge in [0.25, 0.3) is 5.91 Å². The van der Waals surface area contributed by atoms with Crippen molar-refractivity contribution >= 4 is 34.8 Å². The molecule has 6 nitrogen and oxygen atoms in total. The van der Waals surface area contributed by atoms with Gasteiger partial charge in [-0.3, -0.25) is 14.5 Å². The Morgan fingerprint density at radius 3 is 2.29 bits per heavy atom. The average Bonchev–Trinajstić information content (AvgIpc) is 2.87. The van der Waals surface area contributed by atoms with Gasteiger partial charge in [-0.05, 0) is 31.2 Å². The van der Waals surface area contributed by atoms with E-state index in [1.807, 2.05) is 4.90 Å². The average molecular weight is 615 g/mol. The number of amides is 2. The lowest BCUT2D eigenvalue weighted by molar-refractivity contribution is -0.144. The minimum atomic E-state index is -4.54. The van der Waals surface area contributed by atoms with Crippen LogP contribution in [-0.2, 0) is 11.3 Å². The summed E-state index contributed by atoms with van der Waals surface area (Å²) in [5.41, 5.74) is -0.395. The number of hydrogen-bond donors (Lipinski definition) is 2. The van der Waals surface area contributed by atoms with E-state index in [0.717, 1.165) is 12.1 Å². The minimum Gasteiger partial charge on any atom is -0.365 e. The number of benzene rings is 2. The van der Waals surface area contributed by atoms with Crippen molar-refractivity contribution in [1.29, 1.82) is 0 Å². The summed E-state index contributed by atoms with van der Waals surface area (Å²) < 4.78 is 104. The predicted octanol–water partition coefficient (Wildman–Crippen LogP) is 6.29. The van der Waals surface area contributed by atoms with Crippen molar-refractivity contribution in [2.75, 3.05) is 36.4 Å². The molecule has 0 radical (unpaired) electrons. The molecule has 0 aliphatic carbocycles. The summed E-state index contributed by atoms with van der Waals surface area (Å²) in [5, 5.41) is 4.90. The van der Waals surface area contributed by atoms with Crippen molar-refractivity contribution in [1.82, 2.24) is 10.2 Å². The number of alkyl halides is 6. The smallest absolute Gasteiger partial charge is 0.365 e. The van der Waals surface area contributed by atoms with Gasteiger partial charge in [0, 0.05) is 55.8 Å². The zero-order chi connectivity index (χ0) is 30.5. The highest BCUT2D eigenvalue weighted by molar-refractivity contribution is 6.31. The summed E-state index contributed by atoms with van der Waals surface area (Å²) in [4.78, 5) is 28.0. The highest BCUT2D eigenvalue weighted by Crippen LogP contribution is 2.33. The van der Waals surface area contributed by atoms with Crippen LogP contribution in [0.2, 0.25) is 5.02 Å². The Morgan fingerprint density at radius 1 is 0.976 bits per heavy atom. The van der Waals surface area contributed by atoms with Crippen LogP contribution >= 0.6 is 11.6 Å². The van der Waals surface area contributed by atoms with Crippen molar-refractivity contribution in [3.63, 3.8) is 0 Å². The van der Waals surface area contributed by atoms with E-state index in [4.69, 9.17) is 11.6 Å². The summed E-state index contributed by atoms with van der Waals surface area (Å²) >= 11 is 6.15. The van der Waals surface area contributed by atoms with Gasteiger partial charge in [-0.2, -0.15) is 26.3 Å². The number of rotatable bonds is 9. The molecule has 41 heavy (non-hydrogen) atoms. The summed E-state index contributed by atoms with van der Waals surface area (Å²) in [7, 11) is 0. The Hall–Kier alpha value is -3.13. The van der Waals surface area contributed by atoms with Gasteiger partial charge in [0.1, 0.15) is 0 Å². The van der Waals surface area contributed by atoms with Crippen molar-refractivity contribution in [2.24, 2.45) is 0 Å². The molecule has 2 amide bonds. The van der Waals surface area contributed by atoms with Gasteiger partial charge >= 0.3 is 12.4 Å². The number of anilines is 2. The Kier molecular flexibility index (Phi) is 10.5. The molecule has 0 saturated carbocycles. The molecule has 2 aromatic carbocycles. The molecule has 2 aromatic rings. The SMILES string of the molecule is C[C@@H]1CN(CCC(F)(F)F)CCN1c1cc(Cl)ccc1NC(=O)c1ccc(CNC(=O)CCC(F)(F)F)c(F)c1F. The van der Waals surface area contributed by atoms with E-state index in [2.05, 4.69) is 10.6 Å². The molecular formula is C26H27ClF8N4O2. The van der Waals surface area contributed by atoms with Crippen LogP contribution < -0.4 is 15.5 Å². The fraction of sp³-hybridized carbons (Fsp3) is 0.462. The van der Waals surface area contributed by atoms with Crippen LogP contribution in [0.15, 0.2) is 30.3 Å². The number of nitrogens with one attached hydrogen (secondary N) is 2. The van der Waals surface area contributed by atoms with E-state index in [9.17, 15) is 44.7 Å². The molecule has 1 atom stereocenters. The molecule has 1 heterocycles. The zero-order valence-electron chi connectivity index (χ0n) is 21.7. The standard InChI is InChI=1S/C26H27ClF8N4O2/c1-15-14-38(9-8-26(33,34)35)10-11-39(15)20-12-17(27)3-5-19(20)37-24(41)18-4-2-16(22(28)23(18)29)13-36-21(40)6-7-25(30,31)32/h2-5,12,15H,6-11,13-14H2,1H3,(H,36,40)(H,37,41)/t15-/m1/s1. The number of halogens is 9. The van der Waals surface area contributed by atoms with Gasteiger partial charge < -0.3 is 15.5 Å². The molecule has 0 spiro atoms. The van der Waals surface area contributed by atoms with E-state index in [1.54, 1.807) is 17.9 Å². The van der Waals surface area contributed by atoms with Gasteiger partial charge in [-0.15, -0.1) is 0 Å². The van der Waals surface area contributed by atoms with Gasteiger partial charge in [0.05, 0.1) is 29.8 Å². The summed E-state index contributed by atoms with van der Waals surface area (Å²) in [6, 6.07) is 6.20. The Bertz CT molecular complexity index is 1260. The molecule has 1 aliphatic rings. The second-order valence-electron chi connectivity index (χ2n) is 9.62. The predicted molar refractivity (Wildman–Crippen MR) is 137 cm³/mol. The fourth-order valence-corrected chi connectivity index (χ4v) is 4.52. The van der Waals surface area contributed by atoms with Gasteiger partial charge in [0.2, 0.25) is 5.91 Å². The van der Waals surface area contributed by atoms with Crippen LogP contribution in [-0.4, -0.2) is 61.3 Å². The second kappa shape index (κ2) is 13.2. The topological polar surface area (TPSA) is 64.7 Å². The van der Waals surface area contributed by atoms with Crippen LogP contribution in [0.5, 0.6) is 0 Å².